The number of amides is 2. The molecule has 0 saturated heterocycles. The molecule has 0 aliphatic rings. The van der Waals surface area contributed by atoms with Gasteiger partial charge in [-0.25, -0.2) is 4.79 Å². The highest BCUT2D eigenvalue weighted by Gasteiger charge is 2.13. The van der Waals surface area contributed by atoms with Gasteiger partial charge in [-0.05, 0) is 24.8 Å². The molecule has 1 aromatic carbocycles. The Labute approximate surface area is 124 Å². The summed E-state index contributed by atoms with van der Waals surface area (Å²) in [4.78, 5) is 22.2. The topological polar surface area (TPSA) is 98.7 Å². The molecule has 0 heterocycles. The Morgan fingerprint density at radius 1 is 1.14 bits per heavy atom. The van der Waals surface area contributed by atoms with E-state index in [1.165, 1.54) is 0 Å². The van der Waals surface area contributed by atoms with Gasteiger partial charge in [-0.2, -0.15) is 0 Å². The fourth-order valence-corrected chi connectivity index (χ4v) is 1.95. The number of benzene rings is 1. The molecule has 0 saturated carbocycles. The van der Waals surface area contributed by atoms with Gasteiger partial charge in [0.15, 0.2) is 0 Å². The number of aliphatic hydroxyl groups excluding tert-OH is 1. The maximum absolute atomic E-state index is 11.8. The number of aliphatic carboxylic acids is 1. The van der Waals surface area contributed by atoms with Crippen molar-refractivity contribution >= 4 is 12.0 Å². The van der Waals surface area contributed by atoms with E-state index in [4.69, 9.17) is 10.2 Å². The number of rotatable bonds is 9. The Hall–Kier alpha value is -2.08. The van der Waals surface area contributed by atoms with E-state index in [-0.39, 0.29) is 25.1 Å². The lowest BCUT2D eigenvalue weighted by Gasteiger charge is -2.19. The van der Waals surface area contributed by atoms with Crippen LogP contribution in [0.15, 0.2) is 30.3 Å². The normalized spacial score (nSPS) is 11.7. The van der Waals surface area contributed by atoms with E-state index in [0.717, 1.165) is 5.56 Å². The first-order valence-electron chi connectivity index (χ1n) is 7.05. The quantitative estimate of drug-likeness (QED) is 0.521. The van der Waals surface area contributed by atoms with Crippen LogP contribution in [0.4, 0.5) is 4.79 Å². The van der Waals surface area contributed by atoms with Crippen molar-refractivity contribution in [2.45, 2.75) is 31.7 Å². The van der Waals surface area contributed by atoms with Gasteiger partial charge in [0, 0.05) is 19.6 Å². The van der Waals surface area contributed by atoms with Crippen molar-refractivity contribution in [3.8, 4) is 0 Å². The van der Waals surface area contributed by atoms with Crippen LogP contribution >= 0.6 is 0 Å². The van der Waals surface area contributed by atoms with E-state index >= 15 is 0 Å². The first-order chi connectivity index (χ1) is 10.1. The zero-order valence-electron chi connectivity index (χ0n) is 11.9. The Morgan fingerprint density at radius 3 is 2.48 bits per heavy atom. The first kappa shape index (κ1) is 17.0. The smallest absolute Gasteiger partial charge is 0.315 e. The van der Waals surface area contributed by atoms with Crippen LogP contribution in [-0.4, -0.2) is 35.4 Å². The fraction of sp³-hybridized carbons (Fsp3) is 0.467. The van der Waals surface area contributed by atoms with Crippen LogP contribution in [0.2, 0.25) is 0 Å². The Morgan fingerprint density at radius 2 is 1.86 bits per heavy atom. The van der Waals surface area contributed by atoms with Crippen LogP contribution < -0.4 is 10.6 Å². The molecule has 6 heteroatoms. The number of urea groups is 1. The number of carbonyl (C=O) groups excluding carboxylic acids is 1. The number of nitrogens with one attached hydrogen (secondary N) is 2. The molecule has 1 unspecified atom stereocenters. The molecule has 1 aromatic rings. The summed E-state index contributed by atoms with van der Waals surface area (Å²) in [5, 5.41) is 22.9. The Kier molecular flexibility index (Phi) is 7.89. The van der Waals surface area contributed by atoms with E-state index in [9.17, 15) is 9.59 Å². The lowest BCUT2D eigenvalue weighted by molar-refractivity contribution is -0.137. The van der Waals surface area contributed by atoms with Crippen molar-refractivity contribution in [3.63, 3.8) is 0 Å². The number of carboxylic acid groups (broad SMARTS) is 1. The predicted octanol–water partition coefficient (Wildman–Crippen LogP) is 1.66. The van der Waals surface area contributed by atoms with E-state index in [1.54, 1.807) is 0 Å². The number of hydrogen-bond donors (Lipinski definition) is 4. The highest BCUT2D eigenvalue weighted by atomic mass is 16.4. The number of carbonyl (C=O) groups is 2. The maximum atomic E-state index is 11.8. The first-order valence-corrected chi connectivity index (χ1v) is 7.05. The zero-order chi connectivity index (χ0) is 15.5. The molecule has 21 heavy (non-hydrogen) atoms. The molecule has 0 aliphatic carbocycles. The van der Waals surface area contributed by atoms with E-state index in [0.29, 0.717) is 25.8 Å². The number of aliphatic hydroxyl groups is 1. The minimum absolute atomic E-state index is 0.0346. The largest absolute Gasteiger partial charge is 0.481 e. The average molecular weight is 294 g/mol. The van der Waals surface area contributed by atoms with Gasteiger partial charge in [-0.15, -0.1) is 0 Å². The molecule has 1 rings (SSSR count). The standard InChI is InChI=1S/C15H22N2O4/c18-11-5-8-13(12-6-2-1-3-7-12)17-15(21)16-10-4-9-14(19)20/h1-3,6-7,13,18H,4-5,8-11H2,(H,19,20)(H2,16,17,21). The summed E-state index contributed by atoms with van der Waals surface area (Å²) < 4.78 is 0. The van der Waals surface area contributed by atoms with Crippen molar-refractivity contribution in [2.75, 3.05) is 13.2 Å². The summed E-state index contributed by atoms with van der Waals surface area (Å²) in [6, 6.07) is 9.05. The van der Waals surface area contributed by atoms with Crippen LogP contribution in [0.1, 0.15) is 37.3 Å². The van der Waals surface area contributed by atoms with E-state index in [1.807, 2.05) is 30.3 Å². The summed E-state index contributed by atoms with van der Waals surface area (Å²) in [5.74, 6) is -0.873. The molecule has 2 amide bonds. The molecule has 0 bridgehead atoms. The van der Waals surface area contributed by atoms with E-state index < -0.39 is 5.97 Å². The fourth-order valence-electron chi connectivity index (χ4n) is 1.95. The van der Waals surface area contributed by atoms with Crippen molar-refractivity contribution in [2.24, 2.45) is 0 Å². The molecule has 6 nitrogen and oxygen atoms in total. The summed E-state index contributed by atoms with van der Waals surface area (Å²) in [7, 11) is 0. The van der Waals surface area contributed by atoms with Crippen molar-refractivity contribution in [1.82, 2.24) is 10.6 Å². The van der Waals surface area contributed by atoms with Crippen LogP contribution in [-0.2, 0) is 4.79 Å². The summed E-state index contributed by atoms with van der Waals surface area (Å²) >= 11 is 0. The molecular formula is C15H22N2O4. The molecule has 1 atom stereocenters. The maximum Gasteiger partial charge on any atom is 0.315 e. The van der Waals surface area contributed by atoms with Gasteiger partial charge in [-0.1, -0.05) is 30.3 Å². The van der Waals surface area contributed by atoms with Crippen LogP contribution in [0.25, 0.3) is 0 Å². The summed E-state index contributed by atoms with van der Waals surface area (Å²) in [5.41, 5.74) is 0.978. The minimum atomic E-state index is -0.873. The third-order valence-electron chi connectivity index (χ3n) is 3.01. The molecule has 116 valence electrons. The Bertz CT molecular complexity index is 437. The molecular weight excluding hydrogens is 272 g/mol. The molecule has 0 fully saturated rings. The predicted molar refractivity (Wildman–Crippen MR) is 78.9 cm³/mol. The number of hydrogen-bond acceptors (Lipinski definition) is 3. The highest BCUT2D eigenvalue weighted by Crippen LogP contribution is 2.17. The molecule has 0 aromatic heterocycles. The van der Waals surface area contributed by atoms with Crippen LogP contribution in [0.5, 0.6) is 0 Å². The summed E-state index contributed by atoms with van der Waals surface area (Å²) in [6.45, 7) is 0.394. The number of carboxylic acids is 1. The monoisotopic (exact) mass is 294 g/mol. The van der Waals surface area contributed by atoms with Crippen molar-refractivity contribution < 1.29 is 19.8 Å². The second kappa shape index (κ2) is 9.77. The van der Waals surface area contributed by atoms with Gasteiger partial charge in [0.2, 0.25) is 0 Å². The second-order valence-corrected chi connectivity index (χ2v) is 4.73. The van der Waals surface area contributed by atoms with Gasteiger partial charge in [0.05, 0.1) is 6.04 Å². The van der Waals surface area contributed by atoms with Gasteiger partial charge in [0.1, 0.15) is 0 Å². The van der Waals surface area contributed by atoms with Gasteiger partial charge in [0.25, 0.3) is 0 Å². The SMILES string of the molecule is O=C(O)CCCNC(=O)NC(CCCO)c1ccccc1. The van der Waals surface area contributed by atoms with Crippen molar-refractivity contribution in [1.29, 1.82) is 0 Å². The van der Waals surface area contributed by atoms with E-state index in [2.05, 4.69) is 10.6 Å². The third kappa shape index (κ3) is 7.31. The Balaban J connectivity index is 2.45. The van der Waals surface area contributed by atoms with Gasteiger partial charge < -0.3 is 20.8 Å². The second-order valence-electron chi connectivity index (χ2n) is 4.73. The molecule has 0 aliphatic heterocycles. The van der Waals surface area contributed by atoms with Gasteiger partial charge in [-0.3, -0.25) is 4.79 Å². The molecule has 0 spiro atoms. The molecule has 4 N–H and O–H groups in total. The third-order valence-corrected chi connectivity index (χ3v) is 3.01. The lowest BCUT2D eigenvalue weighted by Crippen LogP contribution is -2.38. The molecule has 0 radical (unpaired) electrons. The zero-order valence-corrected chi connectivity index (χ0v) is 11.9. The lowest BCUT2D eigenvalue weighted by atomic mass is 10.0. The highest BCUT2D eigenvalue weighted by molar-refractivity contribution is 5.74. The van der Waals surface area contributed by atoms with Gasteiger partial charge >= 0.3 is 12.0 Å². The average Bonchev–Trinajstić information content (AvgIpc) is 2.48. The minimum Gasteiger partial charge on any atom is -0.481 e. The van der Waals surface area contributed by atoms with Crippen LogP contribution in [0.3, 0.4) is 0 Å². The summed E-state index contributed by atoms with van der Waals surface area (Å²) in [6.07, 6.45) is 1.67. The van der Waals surface area contributed by atoms with Crippen molar-refractivity contribution in [3.05, 3.63) is 35.9 Å². The van der Waals surface area contributed by atoms with Crippen LogP contribution in [0, 0.1) is 0 Å².